The minimum atomic E-state index is -4.07. The quantitative estimate of drug-likeness (QED) is 0.328. The van der Waals surface area contributed by atoms with E-state index in [1.54, 1.807) is 54.6 Å². The Kier molecular flexibility index (Phi) is 7.03. The summed E-state index contributed by atoms with van der Waals surface area (Å²) < 4.78 is 37.9. The van der Waals surface area contributed by atoms with E-state index in [-0.39, 0.29) is 33.2 Å². The summed E-state index contributed by atoms with van der Waals surface area (Å²) in [6.07, 6.45) is 0. The van der Waals surface area contributed by atoms with Gasteiger partial charge in [0.25, 0.3) is 11.8 Å². The van der Waals surface area contributed by atoms with Gasteiger partial charge in [-0.05, 0) is 60.2 Å². The first-order valence-electron chi connectivity index (χ1n) is 11.8. The molecule has 0 unspecified atom stereocenters. The maximum absolute atomic E-state index is 13.8. The van der Waals surface area contributed by atoms with Crippen LogP contribution in [0.2, 0.25) is 5.02 Å². The summed E-state index contributed by atoms with van der Waals surface area (Å²) in [5.41, 5.74) is 1.44. The fourth-order valence-electron chi connectivity index (χ4n) is 4.44. The van der Waals surface area contributed by atoms with Gasteiger partial charge in [0.1, 0.15) is 0 Å². The van der Waals surface area contributed by atoms with Crippen LogP contribution in [-0.4, -0.2) is 34.5 Å². The lowest BCUT2D eigenvalue weighted by atomic mass is 10.1. The van der Waals surface area contributed by atoms with E-state index in [4.69, 9.17) is 21.1 Å². The maximum Gasteiger partial charge on any atom is 0.259 e. The van der Waals surface area contributed by atoms with Crippen LogP contribution in [0.1, 0.15) is 26.3 Å². The van der Waals surface area contributed by atoms with Crippen molar-refractivity contribution in [1.29, 1.82) is 0 Å². The minimum Gasteiger partial charge on any atom is -0.493 e. The van der Waals surface area contributed by atoms with Crippen LogP contribution < -0.4 is 19.7 Å². The molecule has 1 aliphatic heterocycles. The third-order valence-electron chi connectivity index (χ3n) is 6.32. The van der Waals surface area contributed by atoms with Gasteiger partial charge in [0, 0.05) is 22.3 Å². The highest BCUT2D eigenvalue weighted by Gasteiger charge is 2.36. The van der Waals surface area contributed by atoms with Crippen LogP contribution in [0.3, 0.4) is 0 Å². The van der Waals surface area contributed by atoms with Crippen molar-refractivity contribution in [1.82, 2.24) is 0 Å². The Labute approximate surface area is 230 Å². The first kappa shape index (κ1) is 26.3. The van der Waals surface area contributed by atoms with Gasteiger partial charge in [-0.25, -0.2) is 8.42 Å². The molecule has 8 nitrogen and oxygen atoms in total. The third kappa shape index (κ3) is 4.94. The lowest BCUT2D eigenvalue weighted by Crippen LogP contribution is -2.30. The molecule has 0 radical (unpaired) electrons. The van der Waals surface area contributed by atoms with Crippen molar-refractivity contribution in [2.24, 2.45) is 0 Å². The molecule has 198 valence electrons. The van der Waals surface area contributed by atoms with E-state index in [1.807, 2.05) is 0 Å². The molecule has 0 spiro atoms. The fraction of sp³-hybridized carbons (Fsp3) is 0.103. The van der Waals surface area contributed by atoms with Crippen LogP contribution in [-0.2, 0) is 16.4 Å². The number of ether oxygens (including phenoxy) is 2. The number of carbonyl (C=O) groups is 2. The van der Waals surface area contributed by atoms with Gasteiger partial charge in [-0.3, -0.25) is 9.59 Å². The number of sulfone groups is 1. The van der Waals surface area contributed by atoms with Crippen LogP contribution in [0.4, 0.5) is 11.4 Å². The Balaban J connectivity index is 1.60. The molecule has 1 heterocycles. The lowest BCUT2D eigenvalue weighted by Gasteiger charge is -2.23. The lowest BCUT2D eigenvalue weighted by molar-refractivity contribution is 0.0979. The van der Waals surface area contributed by atoms with Gasteiger partial charge in [-0.15, -0.1) is 0 Å². The Morgan fingerprint density at radius 3 is 2.38 bits per heavy atom. The molecule has 4 aromatic rings. The van der Waals surface area contributed by atoms with Crippen LogP contribution in [0.5, 0.6) is 11.5 Å². The second-order valence-electron chi connectivity index (χ2n) is 8.73. The second kappa shape index (κ2) is 10.4. The Bertz CT molecular complexity index is 1720. The standard InChI is InChI=1S/C29H23ClN2O6S/c1-37-24-12-11-21(16-25(24)38-2)31-28(33)19-10-13-27-23(15-19)32(17-18-6-5-7-20(30)14-18)29(34)22-8-3-4-9-26(22)39(27,35)36/h3-16H,17H2,1-2H3,(H,31,33). The topological polar surface area (TPSA) is 102 Å². The number of amides is 2. The van der Waals surface area contributed by atoms with E-state index in [2.05, 4.69) is 5.32 Å². The van der Waals surface area contributed by atoms with E-state index in [0.29, 0.717) is 27.8 Å². The predicted molar refractivity (Wildman–Crippen MR) is 148 cm³/mol. The molecule has 0 fully saturated rings. The van der Waals surface area contributed by atoms with Crippen molar-refractivity contribution < 1.29 is 27.5 Å². The molecule has 2 amide bonds. The highest BCUT2D eigenvalue weighted by atomic mass is 35.5. The van der Waals surface area contributed by atoms with E-state index in [9.17, 15) is 18.0 Å². The number of halogens is 1. The van der Waals surface area contributed by atoms with Crippen molar-refractivity contribution in [3.05, 3.63) is 107 Å². The zero-order valence-corrected chi connectivity index (χ0v) is 22.5. The summed E-state index contributed by atoms with van der Waals surface area (Å²) in [5, 5.41) is 3.26. The van der Waals surface area contributed by atoms with Crippen molar-refractivity contribution in [3.8, 4) is 11.5 Å². The van der Waals surface area contributed by atoms with Gasteiger partial charge >= 0.3 is 0 Å². The first-order chi connectivity index (χ1) is 18.7. The molecule has 10 heteroatoms. The summed E-state index contributed by atoms with van der Waals surface area (Å²) in [4.78, 5) is 28.2. The molecule has 0 saturated heterocycles. The number of nitrogens with zero attached hydrogens (tertiary/aromatic N) is 1. The van der Waals surface area contributed by atoms with E-state index >= 15 is 0 Å². The van der Waals surface area contributed by atoms with Crippen molar-refractivity contribution in [3.63, 3.8) is 0 Å². The number of nitrogens with one attached hydrogen (secondary N) is 1. The number of rotatable bonds is 6. The predicted octanol–water partition coefficient (Wildman–Crippen LogP) is 5.60. The van der Waals surface area contributed by atoms with Crippen molar-refractivity contribution >= 4 is 44.6 Å². The average Bonchev–Trinajstić information content (AvgIpc) is 3.01. The molecule has 0 aliphatic carbocycles. The molecule has 0 atom stereocenters. The summed E-state index contributed by atoms with van der Waals surface area (Å²) in [6.45, 7) is 0.0387. The maximum atomic E-state index is 13.8. The van der Waals surface area contributed by atoms with E-state index in [1.165, 1.54) is 49.5 Å². The first-order valence-corrected chi connectivity index (χ1v) is 13.7. The Hall–Kier alpha value is -4.34. The van der Waals surface area contributed by atoms with Crippen LogP contribution >= 0.6 is 11.6 Å². The molecular weight excluding hydrogens is 540 g/mol. The number of methoxy groups -OCH3 is 2. The molecule has 0 bridgehead atoms. The molecule has 0 saturated carbocycles. The number of carbonyl (C=O) groups excluding carboxylic acids is 2. The summed E-state index contributed by atoms with van der Waals surface area (Å²) >= 11 is 6.17. The number of fused-ring (bicyclic) bond motifs is 2. The Morgan fingerprint density at radius 2 is 1.64 bits per heavy atom. The van der Waals surface area contributed by atoms with Crippen LogP contribution in [0.15, 0.2) is 94.7 Å². The molecule has 0 aromatic heterocycles. The van der Waals surface area contributed by atoms with E-state index in [0.717, 1.165) is 0 Å². The molecule has 1 aliphatic rings. The number of benzene rings is 4. The molecule has 1 N–H and O–H groups in total. The van der Waals surface area contributed by atoms with Gasteiger partial charge in [0.2, 0.25) is 9.84 Å². The minimum absolute atomic E-state index is 0.0387. The van der Waals surface area contributed by atoms with Gasteiger partial charge in [-0.2, -0.15) is 0 Å². The van der Waals surface area contributed by atoms with Crippen LogP contribution in [0, 0.1) is 0 Å². The second-order valence-corrected chi connectivity index (χ2v) is 11.1. The fourth-order valence-corrected chi connectivity index (χ4v) is 6.28. The third-order valence-corrected chi connectivity index (χ3v) is 8.42. The average molecular weight is 563 g/mol. The summed E-state index contributed by atoms with van der Waals surface area (Å²) in [6, 6.07) is 22.1. The molecule has 39 heavy (non-hydrogen) atoms. The number of hydrogen-bond donors (Lipinski definition) is 1. The zero-order chi connectivity index (χ0) is 27.7. The molecule has 5 rings (SSSR count). The number of anilines is 2. The smallest absolute Gasteiger partial charge is 0.259 e. The SMILES string of the molecule is COc1ccc(NC(=O)c2ccc3c(c2)N(Cc2cccc(Cl)c2)C(=O)c2ccccc2S3(=O)=O)cc1OC. The Morgan fingerprint density at radius 1 is 0.872 bits per heavy atom. The monoisotopic (exact) mass is 562 g/mol. The van der Waals surface area contributed by atoms with Gasteiger partial charge in [0.15, 0.2) is 11.5 Å². The highest BCUT2D eigenvalue weighted by Crippen LogP contribution is 2.38. The molecule has 4 aromatic carbocycles. The van der Waals surface area contributed by atoms with Gasteiger partial charge < -0.3 is 19.7 Å². The van der Waals surface area contributed by atoms with Crippen LogP contribution in [0.25, 0.3) is 0 Å². The van der Waals surface area contributed by atoms with Crippen molar-refractivity contribution in [2.45, 2.75) is 16.3 Å². The number of hydrogen-bond acceptors (Lipinski definition) is 6. The molecular formula is C29H23ClN2O6S. The summed E-state index contributed by atoms with van der Waals surface area (Å²) in [7, 11) is -1.08. The van der Waals surface area contributed by atoms with Gasteiger partial charge in [-0.1, -0.05) is 35.9 Å². The normalized spacial score (nSPS) is 13.6. The largest absolute Gasteiger partial charge is 0.493 e. The zero-order valence-electron chi connectivity index (χ0n) is 21.0. The van der Waals surface area contributed by atoms with Crippen molar-refractivity contribution in [2.75, 3.05) is 24.4 Å². The highest BCUT2D eigenvalue weighted by molar-refractivity contribution is 7.91. The summed E-state index contributed by atoms with van der Waals surface area (Å²) in [5.74, 6) is -0.0791. The van der Waals surface area contributed by atoms with E-state index < -0.39 is 21.7 Å². The van der Waals surface area contributed by atoms with Gasteiger partial charge in [0.05, 0.1) is 41.8 Å².